The quantitative estimate of drug-likeness (QED) is 0.651. The van der Waals surface area contributed by atoms with Gasteiger partial charge in [-0.2, -0.15) is 0 Å². The largest absolute Gasteiger partial charge is 0.480 e. The molecule has 0 unspecified atom stereocenters. The van der Waals surface area contributed by atoms with Crippen molar-refractivity contribution in [2.24, 2.45) is 0 Å². The number of nitro benzene ring substituents is 1. The Morgan fingerprint density at radius 2 is 2.19 bits per heavy atom. The third-order valence-corrected chi connectivity index (χ3v) is 2.89. The smallest absolute Gasteiger partial charge is 0.311 e. The number of rotatable bonds is 6. The van der Waals surface area contributed by atoms with Crippen LogP contribution in [0.4, 0.5) is 11.5 Å². The molecule has 6 nitrogen and oxygen atoms in total. The average Bonchev–Trinajstić information content (AvgIpc) is 2.45. The summed E-state index contributed by atoms with van der Waals surface area (Å²) < 4.78 is 5.48. The predicted octanol–water partition coefficient (Wildman–Crippen LogP) is 3.65. The molecule has 0 amide bonds. The van der Waals surface area contributed by atoms with Gasteiger partial charge in [0.25, 0.3) is 0 Å². The van der Waals surface area contributed by atoms with Crippen LogP contribution in [0, 0.1) is 10.1 Å². The lowest BCUT2D eigenvalue weighted by molar-refractivity contribution is -0.385. The highest BCUT2D eigenvalue weighted by molar-refractivity contribution is 6.30. The maximum Gasteiger partial charge on any atom is 0.311 e. The fourth-order valence-corrected chi connectivity index (χ4v) is 1.91. The SMILES string of the molecule is CCNc1cccc(COc2cc(Cl)ccc2[N+](=O)[O-])n1. The second-order valence-corrected chi connectivity index (χ2v) is 4.64. The fourth-order valence-electron chi connectivity index (χ4n) is 1.75. The number of halogens is 1. The van der Waals surface area contributed by atoms with Crippen LogP contribution in [0.1, 0.15) is 12.6 Å². The van der Waals surface area contributed by atoms with E-state index in [0.717, 1.165) is 12.4 Å². The lowest BCUT2D eigenvalue weighted by atomic mass is 10.3. The Balaban J connectivity index is 2.14. The van der Waals surface area contributed by atoms with E-state index in [1.54, 1.807) is 6.07 Å². The van der Waals surface area contributed by atoms with Crippen LogP contribution in [0.15, 0.2) is 36.4 Å². The van der Waals surface area contributed by atoms with Crippen molar-refractivity contribution in [3.05, 3.63) is 57.2 Å². The summed E-state index contributed by atoms with van der Waals surface area (Å²) >= 11 is 5.84. The zero-order valence-electron chi connectivity index (χ0n) is 11.4. The van der Waals surface area contributed by atoms with E-state index in [9.17, 15) is 10.1 Å². The number of nitrogens with zero attached hydrogens (tertiary/aromatic N) is 2. The van der Waals surface area contributed by atoms with Gasteiger partial charge >= 0.3 is 5.69 Å². The van der Waals surface area contributed by atoms with Gasteiger partial charge in [0, 0.05) is 23.7 Å². The molecular formula is C14H14ClN3O3. The van der Waals surface area contributed by atoms with Gasteiger partial charge in [0.1, 0.15) is 12.4 Å². The molecule has 0 aliphatic rings. The summed E-state index contributed by atoms with van der Waals surface area (Å²) in [5.41, 5.74) is 0.546. The number of nitro groups is 1. The standard InChI is InChI=1S/C14H14ClN3O3/c1-2-16-14-5-3-4-11(17-14)9-21-13-8-10(15)6-7-12(13)18(19)20/h3-8H,2,9H2,1H3,(H,16,17). The molecule has 0 fully saturated rings. The minimum Gasteiger partial charge on any atom is -0.480 e. The zero-order valence-corrected chi connectivity index (χ0v) is 12.1. The van der Waals surface area contributed by atoms with Crippen molar-refractivity contribution >= 4 is 23.1 Å². The number of benzene rings is 1. The second kappa shape index (κ2) is 6.90. The number of pyridine rings is 1. The van der Waals surface area contributed by atoms with Crippen LogP contribution < -0.4 is 10.1 Å². The van der Waals surface area contributed by atoms with E-state index in [1.807, 2.05) is 19.1 Å². The molecule has 1 N–H and O–H groups in total. The first-order valence-electron chi connectivity index (χ1n) is 6.36. The van der Waals surface area contributed by atoms with Crippen LogP contribution in [0.25, 0.3) is 0 Å². The molecule has 7 heteroatoms. The monoisotopic (exact) mass is 307 g/mol. The third-order valence-electron chi connectivity index (χ3n) is 2.66. The topological polar surface area (TPSA) is 77.3 Å². The lowest BCUT2D eigenvalue weighted by Gasteiger charge is -2.08. The molecule has 0 radical (unpaired) electrons. The summed E-state index contributed by atoms with van der Waals surface area (Å²) in [4.78, 5) is 14.8. The van der Waals surface area contributed by atoms with Crippen molar-refractivity contribution < 1.29 is 9.66 Å². The molecule has 0 spiro atoms. The number of hydrogen-bond acceptors (Lipinski definition) is 5. The molecule has 2 aromatic rings. The van der Waals surface area contributed by atoms with E-state index in [0.29, 0.717) is 10.7 Å². The van der Waals surface area contributed by atoms with Crippen LogP contribution in [0.2, 0.25) is 5.02 Å². The Morgan fingerprint density at radius 3 is 2.90 bits per heavy atom. The highest BCUT2D eigenvalue weighted by Crippen LogP contribution is 2.30. The van der Waals surface area contributed by atoms with Crippen LogP contribution in [0.3, 0.4) is 0 Å². The molecule has 0 aliphatic carbocycles. The van der Waals surface area contributed by atoms with Crippen molar-refractivity contribution in [1.82, 2.24) is 4.98 Å². The first-order valence-corrected chi connectivity index (χ1v) is 6.74. The highest BCUT2D eigenvalue weighted by Gasteiger charge is 2.15. The van der Waals surface area contributed by atoms with Gasteiger partial charge in [0.05, 0.1) is 10.6 Å². The average molecular weight is 308 g/mol. The van der Waals surface area contributed by atoms with Gasteiger partial charge in [-0.3, -0.25) is 10.1 Å². The van der Waals surface area contributed by atoms with Crippen molar-refractivity contribution in [3.63, 3.8) is 0 Å². The molecule has 0 aliphatic heterocycles. The number of nitrogens with one attached hydrogen (secondary N) is 1. The normalized spacial score (nSPS) is 10.2. The second-order valence-electron chi connectivity index (χ2n) is 4.20. The molecule has 2 rings (SSSR count). The molecule has 0 bridgehead atoms. The Hall–Kier alpha value is -2.34. The number of aromatic nitrogens is 1. The van der Waals surface area contributed by atoms with Gasteiger partial charge in [0.15, 0.2) is 5.75 Å². The van der Waals surface area contributed by atoms with Crippen molar-refractivity contribution in [2.75, 3.05) is 11.9 Å². The number of anilines is 1. The van der Waals surface area contributed by atoms with Crippen LogP contribution in [-0.2, 0) is 6.61 Å². The molecule has 1 aromatic heterocycles. The maximum atomic E-state index is 10.9. The molecular weight excluding hydrogens is 294 g/mol. The first-order chi connectivity index (χ1) is 10.1. The van der Waals surface area contributed by atoms with Crippen LogP contribution in [0.5, 0.6) is 5.75 Å². The summed E-state index contributed by atoms with van der Waals surface area (Å²) in [6, 6.07) is 9.67. The first kappa shape index (κ1) is 15.1. The molecule has 0 saturated carbocycles. The Kier molecular flexibility index (Phi) is 4.94. The van der Waals surface area contributed by atoms with Gasteiger partial charge in [-0.05, 0) is 25.1 Å². The van der Waals surface area contributed by atoms with E-state index in [-0.39, 0.29) is 18.0 Å². The van der Waals surface area contributed by atoms with E-state index in [4.69, 9.17) is 16.3 Å². The van der Waals surface area contributed by atoms with E-state index < -0.39 is 4.92 Å². The molecule has 1 heterocycles. The van der Waals surface area contributed by atoms with Gasteiger partial charge in [-0.25, -0.2) is 4.98 Å². The summed E-state index contributed by atoms with van der Waals surface area (Å²) in [5, 5.41) is 14.4. The van der Waals surface area contributed by atoms with Gasteiger partial charge in [0.2, 0.25) is 0 Å². The maximum absolute atomic E-state index is 10.9. The lowest BCUT2D eigenvalue weighted by Crippen LogP contribution is -2.04. The molecule has 21 heavy (non-hydrogen) atoms. The van der Waals surface area contributed by atoms with Gasteiger partial charge in [-0.15, -0.1) is 0 Å². The van der Waals surface area contributed by atoms with E-state index >= 15 is 0 Å². The van der Waals surface area contributed by atoms with Gasteiger partial charge < -0.3 is 10.1 Å². The minimum absolute atomic E-state index is 0.123. The van der Waals surface area contributed by atoms with Crippen LogP contribution >= 0.6 is 11.6 Å². The van der Waals surface area contributed by atoms with Crippen LogP contribution in [-0.4, -0.2) is 16.5 Å². The minimum atomic E-state index is -0.506. The molecule has 0 saturated heterocycles. The Bertz CT molecular complexity index is 649. The Labute approximate surface area is 126 Å². The number of hydrogen-bond donors (Lipinski definition) is 1. The summed E-state index contributed by atoms with van der Waals surface area (Å²) in [5.74, 6) is 0.863. The summed E-state index contributed by atoms with van der Waals surface area (Å²) in [7, 11) is 0. The van der Waals surface area contributed by atoms with Gasteiger partial charge in [-0.1, -0.05) is 17.7 Å². The predicted molar refractivity (Wildman–Crippen MR) is 80.8 cm³/mol. The number of ether oxygens (including phenoxy) is 1. The summed E-state index contributed by atoms with van der Waals surface area (Å²) in [6.07, 6.45) is 0. The Morgan fingerprint density at radius 1 is 1.38 bits per heavy atom. The molecule has 0 atom stereocenters. The third kappa shape index (κ3) is 4.06. The van der Waals surface area contributed by atoms with Crippen molar-refractivity contribution in [2.45, 2.75) is 13.5 Å². The zero-order chi connectivity index (χ0) is 15.2. The van der Waals surface area contributed by atoms with E-state index in [1.165, 1.54) is 18.2 Å². The summed E-state index contributed by atoms with van der Waals surface area (Å²) in [6.45, 7) is 2.86. The molecule has 1 aromatic carbocycles. The van der Waals surface area contributed by atoms with Crippen molar-refractivity contribution in [3.8, 4) is 5.75 Å². The van der Waals surface area contributed by atoms with Crippen molar-refractivity contribution in [1.29, 1.82) is 0 Å². The molecule has 110 valence electrons. The fraction of sp³-hybridized carbons (Fsp3) is 0.214. The van der Waals surface area contributed by atoms with E-state index in [2.05, 4.69) is 10.3 Å². The highest BCUT2D eigenvalue weighted by atomic mass is 35.5.